The topological polar surface area (TPSA) is 35.6 Å². The molecular formula is C19H29N3O. The molecule has 1 saturated heterocycles. The van der Waals surface area contributed by atoms with Gasteiger partial charge < -0.3 is 15.1 Å². The summed E-state index contributed by atoms with van der Waals surface area (Å²) in [7, 11) is 1.99. The van der Waals surface area contributed by atoms with Crippen LogP contribution in [0.3, 0.4) is 0 Å². The molecule has 2 aliphatic heterocycles. The molecule has 1 amide bonds. The number of hydrogen-bond donors (Lipinski definition) is 1. The Balaban J connectivity index is 1.57. The number of carbonyl (C=O) groups excluding carboxylic acids is 1. The van der Waals surface area contributed by atoms with E-state index < -0.39 is 0 Å². The van der Waals surface area contributed by atoms with E-state index in [2.05, 4.69) is 46.3 Å². The number of carbonyl (C=O) groups is 1. The standard InChI is InChI=1S/C19H29N3O/c1-15-7-8-17-5-3-4-6-18(17)22(15)12-10-19(23)21-11-9-16(14-21)13-20-2/h3-6,15-16,20H,7-14H2,1-2H3/t15-,16-/m0/s1. The molecule has 0 aromatic heterocycles. The monoisotopic (exact) mass is 315 g/mol. The minimum atomic E-state index is 0.318. The molecular weight excluding hydrogens is 286 g/mol. The van der Waals surface area contributed by atoms with Crippen molar-refractivity contribution in [2.75, 3.05) is 38.1 Å². The first kappa shape index (κ1) is 16.3. The van der Waals surface area contributed by atoms with E-state index in [1.54, 1.807) is 0 Å². The number of rotatable bonds is 5. The molecule has 2 aliphatic rings. The van der Waals surface area contributed by atoms with E-state index in [9.17, 15) is 4.79 Å². The third-order valence-electron chi connectivity index (χ3n) is 5.36. The zero-order chi connectivity index (χ0) is 16.2. The fraction of sp³-hybridized carbons (Fsp3) is 0.632. The summed E-state index contributed by atoms with van der Waals surface area (Å²) in [5.41, 5.74) is 2.75. The predicted octanol–water partition coefficient (Wildman–Crippen LogP) is 2.29. The van der Waals surface area contributed by atoms with Crippen LogP contribution in [0.4, 0.5) is 5.69 Å². The highest BCUT2D eigenvalue weighted by molar-refractivity contribution is 5.77. The van der Waals surface area contributed by atoms with Gasteiger partial charge in [-0.05, 0) is 57.3 Å². The van der Waals surface area contributed by atoms with Crippen LogP contribution < -0.4 is 10.2 Å². The molecule has 1 aromatic carbocycles. The van der Waals surface area contributed by atoms with Crippen LogP contribution >= 0.6 is 0 Å². The number of nitrogens with zero attached hydrogens (tertiary/aromatic N) is 2. The van der Waals surface area contributed by atoms with Crippen LogP contribution in [0.1, 0.15) is 31.7 Å². The molecule has 23 heavy (non-hydrogen) atoms. The highest BCUT2D eigenvalue weighted by Crippen LogP contribution is 2.30. The smallest absolute Gasteiger partial charge is 0.224 e. The minimum absolute atomic E-state index is 0.318. The van der Waals surface area contributed by atoms with Gasteiger partial charge in [-0.2, -0.15) is 0 Å². The summed E-state index contributed by atoms with van der Waals surface area (Å²) in [6.07, 6.45) is 4.10. The summed E-state index contributed by atoms with van der Waals surface area (Å²) in [4.78, 5) is 17.0. The molecule has 126 valence electrons. The number of amides is 1. The first-order valence-electron chi connectivity index (χ1n) is 8.96. The molecule has 0 unspecified atom stereocenters. The molecule has 0 bridgehead atoms. The maximum Gasteiger partial charge on any atom is 0.224 e. The van der Waals surface area contributed by atoms with Gasteiger partial charge in [0.2, 0.25) is 5.91 Å². The second-order valence-corrected chi connectivity index (χ2v) is 7.01. The minimum Gasteiger partial charge on any atom is -0.368 e. The number of aryl methyl sites for hydroxylation is 1. The third kappa shape index (κ3) is 3.69. The number of likely N-dealkylation sites (tertiary alicyclic amines) is 1. The number of fused-ring (bicyclic) bond motifs is 1. The van der Waals surface area contributed by atoms with Crippen molar-refractivity contribution in [2.45, 2.75) is 38.6 Å². The van der Waals surface area contributed by atoms with E-state index in [0.717, 1.165) is 39.0 Å². The Morgan fingerprint density at radius 2 is 2.13 bits per heavy atom. The largest absolute Gasteiger partial charge is 0.368 e. The van der Waals surface area contributed by atoms with Crippen molar-refractivity contribution in [3.63, 3.8) is 0 Å². The Hall–Kier alpha value is -1.55. The summed E-state index contributed by atoms with van der Waals surface area (Å²) in [5, 5.41) is 3.22. The first-order valence-corrected chi connectivity index (χ1v) is 8.96. The predicted molar refractivity (Wildman–Crippen MR) is 94.8 cm³/mol. The van der Waals surface area contributed by atoms with Gasteiger partial charge in [-0.1, -0.05) is 18.2 Å². The van der Waals surface area contributed by atoms with Gasteiger partial charge in [-0.3, -0.25) is 4.79 Å². The molecule has 1 aromatic rings. The Morgan fingerprint density at radius 1 is 1.30 bits per heavy atom. The van der Waals surface area contributed by atoms with Crippen molar-refractivity contribution < 1.29 is 4.79 Å². The summed E-state index contributed by atoms with van der Waals surface area (Å²) in [6, 6.07) is 9.17. The molecule has 1 fully saturated rings. The van der Waals surface area contributed by atoms with Gasteiger partial charge in [-0.15, -0.1) is 0 Å². The average molecular weight is 315 g/mol. The highest BCUT2D eigenvalue weighted by Gasteiger charge is 2.27. The summed E-state index contributed by atoms with van der Waals surface area (Å²) in [6.45, 7) is 5.98. The number of benzene rings is 1. The van der Waals surface area contributed by atoms with E-state index in [1.807, 2.05) is 7.05 Å². The molecule has 0 spiro atoms. The first-order chi connectivity index (χ1) is 11.2. The molecule has 0 aliphatic carbocycles. The van der Waals surface area contributed by atoms with Crippen LogP contribution in [-0.2, 0) is 11.2 Å². The normalized spacial score (nSPS) is 23.9. The third-order valence-corrected chi connectivity index (χ3v) is 5.36. The van der Waals surface area contributed by atoms with E-state index >= 15 is 0 Å². The summed E-state index contributed by atoms with van der Waals surface area (Å²) < 4.78 is 0. The van der Waals surface area contributed by atoms with Gasteiger partial charge in [0.1, 0.15) is 0 Å². The molecule has 0 saturated carbocycles. The SMILES string of the molecule is CNC[C@@H]1CCN(C(=O)CCN2c3ccccc3CC[C@@H]2C)C1. The second-order valence-electron chi connectivity index (χ2n) is 7.01. The second kappa shape index (κ2) is 7.35. The fourth-order valence-corrected chi connectivity index (χ4v) is 3.99. The Kier molecular flexibility index (Phi) is 5.21. The molecule has 1 N–H and O–H groups in total. The van der Waals surface area contributed by atoms with Crippen molar-refractivity contribution in [3.8, 4) is 0 Å². The van der Waals surface area contributed by atoms with Crippen LogP contribution in [-0.4, -0.2) is 50.1 Å². The van der Waals surface area contributed by atoms with E-state index in [1.165, 1.54) is 17.7 Å². The fourth-order valence-electron chi connectivity index (χ4n) is 3.99. The number of nitrogens with one attached hydrogen (secondary N) is 1. The van der Waals surface area contributed by atoms with Crippen LogP contribution in [0.25, 0.3) is 0 Å². The molecule has 2 heterocycles. The van der Waals surface area contributed by atoms with Crippen LogP contribution in [0, 0.1) is 5.92 Å². The molecule has 0 radical (unpaired) electrons. The lowest BCUT2D eigenvalue weighted by molar-refractivity contribution is -0.130. The van der Waals surface area contributed by atoms with Gasteiger partial charge in [0.25, 0.3) is 0 Å². The molecule has 4 nitrogen and oxygen atoms in total. The average Bonchev–Trinajstić information content (AvgIpc) is 3.03. The van der Waals surface area contributed by atoms with Gasteiger partial charge in [0.05, 0.1) is 0 Å². The summed E-state index contributed by atoms with van der Waals surface area (Å²) in [5.74, 6) is 0.942. The van der Waals surface area contributed by atoms with Gasteiger partial charge in [-0.25, -0.2) is 0 Å². The van der Waals surface area contributed by atoms with Crippen molar-refractivity contribution in [1.29, 1.82) is 0 Å². The van der Waals surface area contributed by atoms with Crippen molar-refractivity contribution in [2.24, 2.45) is 5.92 Å². The van der Waals surface area contributed by atoms with Crippen LogP contribution in [0.2, 0.25) is 0 Å². The summed E-state index contributed by atoms with van der Waals surface area (Å²) >= 11 is 0. The highest BCUT2D eigenvalue weighted by atomic mass is 16.2. The quantitative estimate of drug-likeness (QED) is 0.905. The lowest BCUT2D eigenvalue weighted by Crippen LogP contribution is -2.40. The zero-order valence-corrected chi connectivity index (χ0v) is 14.4. The van der Waals surface area contributed by atoms with Crippen LogP contribution in [0.15, 0.2) is 24.3 Å². The maximum atomic E-state index is 12.5. The van der Waals surface area contributed by atoms with Crippen molar-refractivity contribution in [1.82, 2.24) is 10.2 Å². The van der Waals surface area contributed by atoms with E-state index in [-0.39, 0.29) is 0 Å². The van der Waals surface area contributed by atoms with Crippen molar-refractivity contribution in [3.05, 3.63) is 29.8 Å². The van der Waals surface area contributed by atoms with Gasteiger partial charge in [0.15, 0.2) is 0 Å². The number of para-hydroxylation sites is 1. The number of anilines is 1. The zero-order valence-electron chi connectivity index (χ0n) is 14.4. The van der Waals surface area contributed by atoms with E-state index in [0.29, 0.717) is 24.3 Å². The molecule has 2 atom stereocenters. The lowest BCUT2D eigenvalue weighted by atomic mass is 9.96. The molecule has 4 heteroatoms. The molecule has 3 rings (SSSR count). The maximum absolute atomic E-state index is 12.5. The van der Waals surface area contributed by atoms with Crippen molar-refractivity contribution >= 4 is 11.6 Å². The lowest BCUT2D eigenvalue weighted by Gasteiger charge is -2.37. The van der Waals surface area contributed by atoms with Gasteiger partial charge >= 0.3 is 0 Å². The van der Waals surface area contributed by atoms with E-state index in [4.69, 9.17) is 0 Å². The Bertz CT molecular complexity index is 545. The Labute approximate surface area is 139 Å². The van der Waals surface area contributed by atoms with Crippen LogP contribution in [0.5, 0.6) is 0 Å². The number of hydrogen-bond acceptors (Lipinski definition) is 3. The van der Waals surface area contributed by atoms with Gasteiger partial charge in [0, 0.05) is 37.8 Å². The Morgan fingerprint density at radius 3 is 2.96 bits per heavy atom.